The van der Waals surface area contributed by atoms with Crippen LogP contribution < -0.4 is 0 Å². The smallest absolute Gasteiger partial charge is 0.334 e. The molecule has 0 atom stereocenters. The van der Waals surface area contributed by atoms with Gasteiger partial charge in [0.2, 0.25) is 0 Å². The molecular formula is C10H6F3IN2. The maximum Gasteiger partial charge on any atom is 0.432 e. The minimum absolute atomic E-state index is 0.234. The molecule has 0 bridgehead atoms. The van der Waals surface area contributed by atoms with E-state index in [0.717, 1.165) is 9.77 Å². The van der Waals surface area contributed by atoms with Gasteiger partial charge in [0.15, 0.2) is 0 Å². The summed E-state index contributed by atoms with van der Waals surface area (Å²) in [6, 6.07) is 7.11. The van der Waals surface area contributed by atoms with Gasteiger partial charge in [-0.2, -0.15) is 13.2 Å². The Bertz CT molecular complexity index is 505. The van der Waals surface area contributed by atoms with Crippen LogP contribution in [0, 0.1) is 3.57 Å². The first kappa shape index (κ1) is 11.4. The summed E-state index contributed by atoms with van der Waals surface area (Å²) in [6.07, 6.45) is -3.58. The van der Waals surface area contributed by atoms with Crippen LogP contribution in [0.25, 0.3) is 11.4 Å². The molecule has 1 heterocycles. The normalized spacial score (nSPS) is 11.8. The van der Waals surface area contributed by atoms with Crippen LogP contribution in [0.3, 0.4) is 0 Å². The topological polar surface area (TPSA) is 28.7 Å². The first-order valence-electron chi connectivity index (χ1n) is 4.35. The summed E-state index contributed by atoms with van der Waals surface area (Å²) >= 11 is 2.05. The number of aromatic nitrogens is 2. The third-order valence-corrected chi connectivity index (χ3v) is 2.95. The summed E-state index contributed by atoms with van der Waals surface area (Å²) in [7, 11) is 0. The average Bonchev–Trinajstić information content (AvgIpc) is 2.66. The number of hydrogen-bond donors (Lipinski definition) is 1. The number of hydrogen-bond acceptors (Lipinski definition) is 1. The molecule has 0 unspecified atom stereocenters. The van der Waals surface area contributed by atoms with Crippen LogP contribution in [-0.4, -0.2) is 9.97 Å². The van der Waals surface area contributed by atoms with Crippen LogP contribution in [0.1, 0.15) is 5.69 Å². The minimum Gasteiger partial charge on any atom is -0.334 e. The number of alkyl halides is 3. The highest BCUT2D eigenvalue weighted by atomic mass is 127. The largest absolute Gasteiger partial charge is 0.432 e. The summed E-state index contributed by atoms with van der Waals surface area (Å²) in [5.41, 5.74) is -0.166. The van der Waals surface area contributed by atoms with Crippen molar-refractivity contribution in [2.45, 2.75) is 6.18 Å². The lowest BCUT2D eigenvalue weighted by molar-refractivity contribution is -0.140. The van der Waals surface area contributed by atoms with Crippen molar-refractivity contribution >= 4 is 22.6 Å². The van der Waals surface area contributed by atoms with Crippen LogP contribution in [0.4, 0.5) is 13.2 Å². The van der Waals surface area contributed by atoms with E-state index in [-0.39, 0.29) is 5.82 Å². The van der Waals surface area contributed by atoms with E-state index in [9.17, 15) is 13.2 Å². The Morgan fingerprint density at radius 1 is 1.19 bits per heavy atom. The van der Waals surface area contributed by atoms with Gasteiger partial charge in [0.1, 0.15) is 11.5 Å². The Labute approximate surface area is 103 Å². The lowest BCUT2D eigenvalue weighted by Crippen LogP contribution is -2.04. The first-order chi connectivity index (χ1) is 7.48. The molecule has 2 rings (SSSR count). The maximum absolute atomic E-state index is 12.3. The molecule has 1 aromatic heterocycles. The molecule has 0 saturated carbocycles. The van der Waals surface area contributed by atoms with Gasteiger partial charge in [-0.15, -0.1) is 0 Å². The SMILES string of the molecule is FC(F)(F)c1cnc(-c2ccccc2I)[nH]1. The molecule has 0 amide bonds. The van der Waals surface area contributed by atoms with Gasteiger partial charge in [-0.3, -0.25) is 0 Å². The molecule has 0 saturated heterocycles. The highest BCUT2D eigenvalue weighted by Gasteiger charge is 2.33. The number of benzene rings is 1. The van der Waals surface area contributed by atoms with E-state index in [1.165, 1.54) is 0 Å². The summed E-state index contributed by atoms with van der Waals surface area (Å²) < 4.78 is 37.9. The van der Waals surface area contributed by atoms with Crippen molar-refractivity contribution in [3.63, 3.8) is 0 Å². The Kier molecular flexibility index (Phi) is 2.92. The molecule has 0 spiro atoms. The lowest BCUT2D eigenvalue weighted by Gasteiger charge is -2.02. The molecular weight excluding hydrogens is 332 g/mol. The second kappa shape index (κ2) is 4.08. The van der Waals surface area contributed by atoms with E-state index in [4.69, 9.17) is 0 Å². The molecule has 2 nitrogen and oxygen atoms in total. The number of H-pyrrole nitrogens is 1. The van der Waals surface area contributed by atoms with Crippen LogP contribution in [0.2, 0.25) is 0 Å². The summed E-state index contributed by atoms with van der Waals surface area (Å²) in [5.74, 6) is 0.234. The molecule has 16 heavy (non-hydrogen) atoms. The van der Waals surface area contributed by atoms with E-state index >= 15 is 0 Å². The molecule has 0 fully saturated rings. The average molecular weight is 338 g/mol. The number of aromatic amines is 1. The number of nitrogens with one attached hydrogen (secondary N) is 1. The highest BCUT2D eigenvalue weighted by Crippen LogP contribution is 2.30. The second-order valence-corrected chi connectivity index (χ2v) is 4.29. The van der Waals surface area contributed by atoms with Gasteiger partial charge in [-0.25, -0.2) is 4.98 Å². The summed E-state index contributed by atoms with van der Waals surface area (Å²) in [5, 5.41) is 0. The molecule has 0 aliphatic carbocycles. The fraction of sp³-hybridized carbons (Fsp3) is 0.100. The van der Waals surface area contributed by atoms with E-state index in [1.807, 2.05) is 12.1 Å². The zero-order valence-electron chi connectivity index (χ0n) is 7.85. The fourth-order valence-electron chi connectivity index (χ4n) is 1.26. The molecule has 0 aliphatic rings. The molecule has 6 heteroatoms. The molecule has 0 radical (unpaired) electrons. The second-order valence-electron chi connectivity index (χ2n) is 3.12. The van der Waals surface area contributed by atoms with Gasteiger partial charge in [0, 0.05) is 9.13 Å². The standard InChI is InChI=1S/C10H6F3IN2/c11-10(12,13)8-5-15-9(16-8)6-3-1-2-4-7(6)14/h1-5H,(H,15,16). The van der Waals surface area contributed by atoms with Crippen molar-refractivity contribution < 1.29 is 13.2 Å². The third kappa shape index (κ3) is 2.21. The van der Waals surface area contributed by atoms with Crippen LogP contribution in [0.5, 0.6) is 0 Å². The van der Waals surface area contributed by atoms with Gasteiger partial charge < -0.3 is 4.98 Å². The molecule has 1 aromatic carbocycles. The van der Waals surface area contributed by atoms with Crippen molar-refractivity contribution in [1.82, 2.24) is 9.97 Å². The molecule has 84 valence electrons. The van der Waals surface area contributed by atoms with Crippen LogP contribution >= 0.6 is 22.6 Å². The zero-order valence-corrected chi connectivity index (χ0v) is 10.0. The molecule has 1 N–H and O–H groups in total. The molecule has 0 aliphatic heterocycles. The van der Waals surface area contributed by atoms with E-state index < -0.39 is 11.9 Å². The van der Waals surface area contributed by atoms with Gasteiger partial charge >= 0.3 is 6.18 Å². The summed E-state index contributed by atoms with van der Waals surface area (Å²) in [4.78, 5) is 6.00. The first-order valence-corrected chi connectivity index (χ1v) is 5.43. The third-order valence-electron chi connectivity index (χ3n) is 2.01. The van der Waals surface area contributed by atoms with Gasteiger partial charge in [0.05, 0.1) is 6.20 Å². The monoisotopic (exact) mass is 338 g/mol. The quantitative estimate of drug-likeness (QED) is 0.790. The predicted octanol–water partition coefficient (Wildman–Crippen LogP) is 3.70. The van der Waals surface area contributed by atoms with Crippen molar-refractivity contribution in [2.75, 3.05) is 0 Å². The van der Waals surface area contributed by atoms with Crippen molar-refractivity contribution in [3.05, 3.63) is 39.7 Å². The Morgan fingerprint density at radius 3 is 2.44 bits per heavy atom. The Morgan fingerprint density at radius 2 is 1.88 bits per heavy atom. The number of halogens is 4. The van der Waals surface area contributed by atoms with E-state index in [0.29, 0.717) is 5.56 Å². The van der Waals surface area contributed by atoms with Crippen molar-refractivity contribution in [1.29, 1.82) is 0 Å². The molecule has 2 aromatic rings. The Balaban J connectivity index is 2.44. The fourth-order valence-corrected chi connectivity index (χ4v) is 1.90. The van der Waals surface area contributed by atoms with Crippen molar-refractivity contribution in [3.8, 4) is 11.4 Å². The number of imidazole rings is 1. The van der Waals surface area contributed by atoms with E-state index in [1.54, 1.807) is 12.1 Å². The highest BCUT2D eigenvalue weighted by molar-refractivity contribution is 14.1. The minimum atomic E-state index is -4.38. The lowest BCUT2D eigenvalue weighted by atomic mass is 10.2. The number of rotatable bonds is 1. The van der Waals surface area contributed by atoms with Crippen LogP contribution in [-0.2, 0) is 6.18 Å². The van der Waals surface area contributed by atoms with Crippen molar-refractivity contribution in [2.24, 2.45) is 0 Å². The van der Waals surface area contributed by atoms with E-state index in [2.05, 4.69) is 32.6 Å². The number of nitrogens with zero attached hydrogens (tertiary/aromatic N) is 1. The Hall–Kier alpha value is -1.05. The van der Waals surface area contributed by atoms with Crippen LogP contribution in [0.15, 0.2) is 30.5 Å². The predicted molar refractivity (Wildman–Crippen MR) is 61.7 cm³/mol. The van der Waals surface area contributed by atoms with Gasteiger partial charge in [-0.1, -0.05) is 18.2 Å². The summed E-state index contributed by atoms with van der Waals surface area (Å²) in [6.45, 7) is 0. The zero-order chi connectivity index (χ0) is 11.8. The van der Waals surface area contributed by atoms with Gasteiger partial charge in [0.25, 0.3) is 0 Å². The maximum atomic E-state index is 12.3. The van der Waals surface area contributed by atoms with Gasteiger partial charge in [-0.05, 0) is 28.7 Å².